The van der Waals surface area contributed by atoms with Crippen LogP contribution in [-0.4, -0.2) is 20.3 Å². The molecular formula is C16H16N4O2S2. The van der Waals surface area contributed by atoms with Gasteiger partial charge in [-0.3, -0.25) is 19.3 Å². The highest BCUT2D eigenvalue weighted by Crippen LogP contribution is 2.29. The van der Waals surface area contributed by atoms with Gasteiger partial charge in [0.15, 0.2) is 10.1 Å². The Morgan fingerprint density at radius 3 is 2.96 bits per heavy atom. The molecule has 0 bridgehead atoms. The van der Waals surface area contributed by atoms with Crippen molar-refractivity contribution in [3.05, 3.63) is 43.8 Å². The third-order valence-electron chi connectivity index (χ3n) is 4.08. The Kier molecular flexibility index (Phi) is 3.93. The molecule has 1 aliphatic carbocycles. The predicted octanol–water partition coefficient (Wildman–Crippen LogP) is 3.04. The van der Waals surface area contributed by atoms with E-state index in [0.29, 0.717) is 10.1 Å². The highest BCUT2D eigenvalue weighted by atomic mass is 32.1. The zero-order chi connectivity index (χ0) is 16.7. The molecule has 6 nitrogen and oxygen atoms in total. The van der Waals surface area contributed by atoms with E-state index < -0.39 is 5.91 Å². The van der Waals surface area contributed by atoms with Crippen molar-refractivity contribution in [2.45, 2.75) is 39.0 Å². The van der Waals surface area contributed by atoms with Crippen molar-refractivity contribution < 1.29 is 4.79 Å². The van der Waals surface area contributed by atoms with Gasteiger partial charge in [-0.2, -0.15) is 0 Å². The normalized spacial score (nSPS) is 14.4. The summed E-state index contributed by atoms with van der Waals surface area (Å²) < 4.78 is 1.42. The fourth-order valence-corrected chi connectivity index (χ4v) is 4.73. The molecule has 1 amide bonds. The summed E-state index contributed by atoms with van der Waals surface area (Å²) in [5.41, 5.74) is 0.780. The second-order valence-electron chi connectivity index (χ2n) is 5.88. The summed E-state index contributed by atoms with van der Waals surface area (Å²) in [5.74, 6) is -0.449. The molecule has 1 N–H and O–H groups in total. The first kappa shape index (κ1) is 15.5. The summed E-state index contributed by atoms with van der Waals surface area (Å²) in [6.07, 6.45) is 8.58. The fraction of sp³-hybridized carbons (Fsp3) is 0.375. The molecular weight excluding hydrogens is 344 g/mol. The number of aromatic nitrogens is 3. The SMILES string of the molecule is Cc1cn2c(=O)c(C(=O)Nc3nc4c(s3)CCCCC4)cnc2s1. The maximum Gasteiger partial charge on any atom is 0.271 e. The molecule has 1 aliphatic rings. The number of hydrogen-bond donors (Lipinski definition) is 1. The molecule has 0 spiro atoms. The van der Waals surface area contributed by atoms with E-state index >= 15 is 0 Å². The van der Waals surface area contributed by atoms with E-state index in [4.69, 9.17) is 0 Å². The van der Waals surface area contributed by atoms with Crippen LogP contribution in [0.25, 0.3) is 4.96 Å². The molecule has 4 rings (SSSR count). The van der Waals surface area contributed by atoms with Gasteiger partial charge >= 0.3 is 0 Å². The lowest BCUT2D eigenvalue weighted by Crippen LogP contribution is -2.25. The van der Waals surface area contributed by atoms with Gasteiger partial charge in [-0.25, -0.2) is 9.97 Å². The molecule has 3 aromatic heterocycles. The first-order chi connectivity index (χ1) is 11.6. The van der Waals surface area contributed by atoms with Crippen LogP contribution in [0.15, 0.2) is 17.2 Å². The lowest BCUT2D eigenvalue weighted by Gasteiger charge is -2.01. The summed E-state index contributed by atoms with van der Waals surface area (Å²) in [4.78, 5) is 36.5. The van der Waals surface area contributed by atoms with E-state index in [0.717, 1.165) is 29.8 Å². The first-order valence-electron chi connectivity index (χ1n) is 7.89. The molecule has 0 fully saturated rings. The average Bonchev–Trinajstić information content (AvgIpc) is 3.04. The summed E-state index contributed by atoms with van der Waals surface area (Å²) in [6, 6.07) is 0. The van der Waals surface area contributed by atoms with Crippen LogP contribution < -0.4 is 10.9 Å². The third-order valence-corrected chi connectivity index (χ3v) is 6.07. The number of carbonyl (C=O) groups is 1. The van der Waals surface area contributed by atoms with Crippen molar-refractivity contribution >= 4 is 38.7 Å². The van der Waals surface area contributed by atoms with Gasteiger partial charge in [0.05, 0.1) is 5.69 Å². The summed E-state index contributed by atoms with van der Waals surface area (Å²) >= 11 is 2.94. The van der Waals surface area contributed by atoms with E-state index in [1.165, 1.54) is 51.0 Å². The van der Waals surface area contributed by atoms with E-state index in [-0.39, 0.29) is 11.1 Å². The van der Waals surface area contributed by atoms with E-state index in [2.05, 4.69) is 15.3 Å². The number of aryl methyl sites for hydroxylation is 3. The minimum atomic E-state index is -0.449. The van der Waals surface area contributed by atoms with Gasteiger partial charge in [0.25, 0.3) is 11.5 Å². The number of carbonyl (C=O) groups excluding carboxylic acids is 1. The van der Waals surface area contributed by atoms with Gasteiger partial charge in [-0.15, -0.1) is 22.7 Å². The molecule has 3 heterocycles. The minimum absolute atomic E-state index is 0.0377. The second kappa shape index (κ2) is 6.10. The highest BCUT2D eigenvalue weighted by molar-refractivity contribution is 7.17. The van der Waals surface area contributed by atoms with Gasteiger partial charge in [0, 0.05) is 22.1 Å². The van der Waals surface area contributed by atoms with Crippen molar-refractivity contribution in [1.29, 1.82) is 0 Å². The van der Waals surface area contributed by atoms with Gasteiger partial charge in [-0.1, -0.05) is 6.42 Å². The van der Waals surface area contributed by atoms with Crippen LogP contribution in [0.2, 0.25) is 0 Å². The van der Waals surface area contributed by atoms with Crippen molar-refractivity contribution in [2.75, 3.05) is 5.32 Å². The van der Waals surface area contributed by atoms with Crippen LogP contribution in [0.1, 0.15) is 45.1 Å². The highest BCUT2D eigenvalue weighted by Gasteiger charge is 2.18. The number of anilines is 1. The van der Waals surface area contributed by atoms with Gasteiger partial charge in [0.1, 0.15) is 5.56 Å². The topological polar surface area (TPSA) is 76.4 Å². The molecule has 0 aliphatic heterocycles. The Bertz CT molecular complexity index is 962. The average molecular weight is 360 g/mol. The Balaban J connectivity index is 1.62. The number of nitrogens with zero attached hydrogens (tertiary/aromatic N) is 3. The number of nitrogens with one attached hydrogen (secondary N) is 1. The molecule has 0 saturated heterocycles. The molecule has 0 unspecified atom stereocenters. The fourth-order valence-electron chi connectivity index (χ4n) is 2.90. The molecule has 0 saturated carbocycles. The van der Waals surface area contributed by atoms with Crippen molar-refractivity contribution in [2.24, 2.45) is 0 Å². The van der Waals surface area contributed by atoms with Gasteiger partial charge < -0.3 is 0 Å². The lowest BCUT2D eigenvalue weighted by atomic mass is 10.2. The smallest absolute Gasteiger partial charge is 0.271 e. The standard InChI is InChI=1S/C16H16N4O2S2/c1-9-8-20-14(22)10(7-17-16(20)23-9)13(21)19-15-18-11-5-3-2-4-6-12(11)24-15/h7-8H,2-6H2,1H3,(H,18,19,21). The lowest BCUT2D eigenvalue weighted by molar-refractivity contribution is 0.102. The maximum atomic E-state index is 12.5. The second-order valence-corrected chi connectivity index (χ2v) is 8.17. The zero-order valence-electron chi connectivity index (χ0n) is 13.2. The third kappa shape index (κ3) is 2.76. The number of fused-ring (bicyclic) bond motifs is 2. The molecule has 24 heavy (non-hydrogen) atoms. The number of amides is 1. The monoisotopic (exact) mass is 360 g/mol. The van der Waals surface area contributed by atoms with Gasteiger partial charge in [-0.05, 0) is 32.6 Å². The number of thiazole rings is 2. The molecule has 3 aromatic rings. The Morgan fingerprint density at radius 2 is 2.08 bits per heavy atom. The zero-order valence-corrected chi connectivity index (χ0v) is 14.8. The number of hydrogen-bond acceptors (Lipinski definition) is 6. The predicted molar refractivity (Wildman–Crippen MR) is 95.4 cm³/mol. The Hall–Kier alpha value is -2.06. The van der Waals surface area contributed by atoms with Crippen molar-refractivity contribution in [3.63, 3.8) is 0 Å². The number of rotatable bonds is 2. The van der Waals surface area contributed by atoms with E-state index in [9.17, 15) is 9.59 Å². The van der Waals surface area contributed by atoms with Crippen molar-refractivity contribution in [3.8, 4) is 0 Å². The van der Waals surface area contributed by atoms with Crippen LogP contribution in [0.3, 0.4) is 0 Å². The molecule has 0 aromatic carbocycles. The summed E-state index contributed by atoms with van der Waals surface area (Å²) in [6.45, 7) is 1.90. The summed E-state index contributed by atoms with van der Waals surface area (Å²) in [7, 11) is 0. The molecule has 0 radical (unpaired) electrons. The van der Waals surface area contributed by atoms with Crippen molar-refractivity contribution in [1.82, 2.24) is 14.4 Å². The van der Waals surface area contributed by atoms with Gasteiger partial charge in [0.2, 0.25) is 0 Å². The van der Waals surface area contributed by atoms with Crippen LogP contribution in [0, 0.1) is 6.92 Å². The van der Waals surface area contributed by atoms with E-state index in [1.54, 1.807) is 6.20 Å². The largest absolute Gasteiger partial charge is 0.298 e. The van der Waals surface area contributed by atoms with Crippen LogP contribution >= 0.6 is 22.7 Å². The molecule has 124 valence electrons. The first-order valence-corrected chi connectivity index (χ1v) is 9.53. The molecule has 8 heteroatoms. The maximum absolute atomic E-state index is 12.5. The van der Waals surface area contributed by atoms with E-state index in [1.807, 2.05) is 6.92 Å². The van der Waals surface area contributed by atoms with Crippen LogP contribution in [-0.2, 0) is 12.8 Å². The minimum Gasteiger partial charge on any atom is -0.298 e. The quantitative estimate of drug-likeness (QED) is 0.713. The van der Waals surface area contributed by atoms with Crippen LogP contribution in [0.4, 0.5) is 5.13 Å². The Morgan fingerprint density at radius 1 is 1.25 bits per heavy atom. The molecule has 0 atom stereocenters. The Labute approximate surface area is 146 Å². The summed E-state index contributed by atoms with van der Waals surface area (Å²) in [5, 5.41) is 3.33. The van der Waals surface area contributed by atoms with Crippen LogP contribution in [0.5, 0.6) is 0 Å².